The molecule has 6 heteroatoms. The Bertz CT molecular complexity index is 1070. The van der Waals surface area contributed by atoms with E-state index in [2.05, 4.69) is 70.5 Å². The lowest BCUT2D eigenvalue weighted by atomic mass is 9.96. The topological polar surface area (TPSA) is 51.2 Å². The van der Waals surface area contributed by atoms with Crippen molar-refractivity contribution >= 4 is 5.97 Å². The Balaban J connectivity index is 1.37. The maximum atomic E-state index is 12.7. The minimum Gasteiger partial charge on any atom is -0.493 e. The van der Waals surface area contributed by atoms with Gasteiger partial charge in [-0.2, -0.15) is 0 Å². The minimum atomic E-state index is -0.402. The van der Waals surface area contributed by atoms with Gasteiger partial charge < -0.3 is 14.2 Å². The van der Waals surface area contributed by atoms with Crippen LogP contribution >= 0.6 is 0 Å². The molecule has 3 aromatic carbocycles. The van der Waals surface area contributed by atoms with E-state index in [1.54, 1.807) is 14.2 Å². The predicted molar refractivity (Wildman–Crippen MR) is 126 cm³/mol. The van der Waals surface area contributed by atoms with E-state index in [0.29, 0.717) is 17.1 Å². The first-order valence-electron chi connectivity index (χ1n) is 11.2. The van der Waals surface area contributed by atoms with Gasteiger partial charge in [0.25, 0.3) is 0 Å². The summed E-state index contributed by atoms with van der Waals surface area (Å²) in [5.74, 6) is 0.612. The van der Waals surface area contributed by atoms with Crippen molar-refractivity contribution < 1.29 is 19.0 Å². The van der Waals surface area contributed by atoms with Crippen LogP contribution in [-0.4, -0.2) is 56.2 Å². The fourth-order valence-electron chi connectivity index (χ4n) is 4.97. The number of fused-ring (bicyclic) bond motifs is 1. The number of nitrogens with zero attached hydrogens (tertiary/aromatic N) is 2. The lowest BCUT2D eigenvalue weighted by Crippen LogP contribution is -2.49. The lowest BCUT2D eigenvalue weighted by Gasteiger charge is -2.41. The van der Waals surface area contributed by atoms with E-state index in [1.807, 2.05) is 12.1 Å². The molecule has 0 radical (unpaired) electrons. The summed E-state index contributed by atoms with van der Waals surface area (Å²) in [7, 11) is 3.11. The molecule has 6 nitrogen and oxygen atoms in total. The SMILES string of the molecule is COc1ccc2c(c1OC)C(=O)OC2N1CCN(C(c2ccccc2)c2ccccc2)CC1. The number of rotatable bonds is 6. The summed E-state index contributed by atoms with van der Waals surface area (Å²) in [5.41, 5.74) is 3.88. The third kappa shape index (κ3) is 3.96. The number of esters is 1. The molecular weight excluding hydrogens is 416 g/mol. The van der Waals surface area contributed by atoms with Gasteiger partial charge in [-0.15, -0.1) is 0 Å². The second kappa shape index (κ2) is 9.25. The first-order valence-corrected chi connectivity index (χ1v) is 11.2. The second-order valence-corrected chi connectivity index (χ2v) is 8.32. The number of carbonyl (C=O) groups excluding carboxylic acids is 1. The third-order valence-electron chi connectivity index (χ3n) is 6.54. The van der Waals surface area contributed by atoms with Crippen molar-refractivity contribution in [1.82, 2.24) is 9.80 Å². The lowest BCUT2D eigenvalue weighted by molar-refractivity contribution is -0.0442. The Morgan fingerprint density at radius 3 is 1.97 bits per heavy atom. The number of hydrogen-bond acceptors (Lipinski definition) is 6. The van der Waals surface area contributed by atoms with Crippen molar-refractivity contribution in [2.75, 3.05) is 40.4 Å². The maximum Gasteiger partial charge on any atom is 0.344 e. The molecule has 170 valence electrons. The Morgan fingerprint density at radius 1 is 0.818 bits per heavy atom. The van der Waals surface area contributed by atoms with E-state index < -0.39 is 6.23 Å². The van der Waals surface area contributed by atoms with Crippen LogP contribution in [0.2, 0.25) is 0 Å². The number of cyclic esters (lactones) is 1. The van der Waals surface area contributed by atoms with Crippen LogP contribution in [0.4, 0.5) is 0 Å². The van der Waals surface area contributed by atoms with Crippen LogP contribution in [0, 0.1) is 0 Å². The number of piperazine rings is 1. The summed E-state index contributed by atoms with van der Waals surface area (Å²) in [6.45, 7) is 3.32. The summed E-state index contributed by atoms with van der Waals surface area (Å²) in [6.07, 6.45) is -0.402. The Labute approximate surface area is 194 Å². The molecule has 3 aromatic rings. The quantitative estimate of drug-likeness (QED) is 0.529. The van der Waals surface area contributed by atoms with E-state index in [4.69, 9.17) is 14.2 Å². The van der Waals surface area contributed by atoms with Gasteiger partial charge in [0, 0.05) is 31.7 Å². The highest BCUT2D eigenvalue weighted by atomic mass is 16.6. The molecule has 0 saturated carbocycles. The monoisotopic (exact) mass is 444 g/mol. The zero-order valence-electron chi connectivity index (χ0n) is 18.9. The number of carbonyl (C=O) groups is 1. The highest BCUT2D eigenvalue weighted by Crippen LogP contribution is 2.43. The van der Waals surface area contributed by atoms with E-state index >= 15 is 0 Å². The van der Waals surface area contributed by atoms with Gasteiger partial charge in [0.15, 0.2) is 17.7 Å². The normalized spacial score (nSPS) is 18.8. The first-order chi connectivity index (χ1) is 16.2. The van der Waals surface area contributed by atoms with E-state index in [1.165, 1.54) is 11.1 Å². The first kappa shape index (κ1) is 21.5. The van der Waals surface area contributed by atoms with E-state index in [-0.39, 0.29) is 12.0 Å². The molecule has 2 aliphatic heterocycles. The predicted octanol–water partition coefficient (Wildman–Crippen LogP) is 4.28. The van der Waals surface area contributed by atoms with Gasteiger partial charge in [0.1, 0.15) is 5.56 Å². The molecule has 2 aliphatic rings. The second-order valence-electron chi connectivity index (χ2n) is 8.32. The highest BCUT2D eigenvalue weighted by Gasteiger charge is 2.40. The van der Waals surface area contributed by atoms with Crippen molar-refractivity contribution in [1.29, 1.82) is 0 Å². The number of ether oxygens (including phenoxy) is 3. The molecule has 0 aliphatic carbocycles. The average Bonchev–Trinajstić information content (AvgIpc) is 3.22. The van der Waals surface area contributed by atoms with Gasteiger partial charge in [-0.3, -0.25) is 9.80 Å². The summed E-state index contributed by atoms with van der Waals surface area (Å²) in [5, 5.41) is 0. The summed E-state index contributed by atoms with van der Waals surface area (Å²) >= 11 is 0. The van der Waals surface area contributed by atoms with E-state index in [9.17, 15) is 4.79 Å². The molecule has 0 bridgehead atoms. The molecule has 1 saturated heterocycles. The molecule has 0 spiro atoms. The molecular formula is C27H28N2O4. The van der Waals surface area contributed by atoms with Gasteiger partial charge in [-0.1, -0.05) is 60.7 Å². The van der Waals surface area contributed by atoms with Crippen molar-refractivity contribution in [3.8, 4) is 11.5 Å². The van der Waals surface area contributed by atoms with Crippen molar-refractivity contribution in [3.05, 3.63) is 95.1 Å². The number of methoxy groups -OCH3 is 2. The van der Waals surface area contributed by atoms with Crippen LogP contribution < -0.4 is 9.47 Å². The highest BCUT2D eigenvalue weighted by molar-refractivity contribution is 5.98. The zero-order valence-corrected chi connectivity index (χ0v) is 18.9. The molecule has 0 amide bonds. The van der Waals surface area contributed by atoms with Crippen LogP contribution in [-0.2, 0) is 4.74 Å². The molecule has 0 N–H and O–H groups in total. The van der Waals surface area contributed by atoms with Crippen molar-refractivity contribution in [2.45, 2.75) is 12.3 Å². The average molecular weight is 445 g/mol. The molecule has 1 unspecified atom stereocenters. The van der Waals surface area contributed by atoms with Crippen LogP contribution in [0.15, 0.2) is 72.8 Å². The van der Waals surface area contributed by atoms with Gasteiger partial charge in [-0.05, 0) is 23.3 Å². The van der Waals surface area contributed by atoms with Crippen molar-refractivity contribution in [2.24, 2.45) is 0 Å². The van der Waals surface area contributed by atoms with Gasteiger partial charge in [0.05, 0.1) is 20.3 Å². The van der Waals surface area contributed by atoms with Crippen molar-refractivity contribution in [3.63, 3.8) is 0 Å². The van der Waals surface area contributed by atoms with Gasteiger partial charge in [0.2, 0.25) is 0 Å². The number of benzene rings is 3. The zero-order chi connectivity index (χ0) is 22.8. The largest absolute Gasteiger partial charge is 0.493 e. The van der Waals surface area contributed by atoms with Crippen LogP contribution in [0.1, 0.15) is 39.3 Å². The Kier molecular flexibility index (Phi) is 6.03. The fourth-order valence-corrected chi connectivity index (χ4v) is 4.97. The van der Waals surface area contributed by atoms with Crippen LogP contribution in [0.3, 0.4) is 0 Å². The van der Waals surface area contributed by atoms with Gasteiger partial charge in [-0.25, -0.2) is 4.79 Å². The molecule has 33 heavy (non-hydrogen) atoms. The Hall–Kier alpha value is -3.35. The summed E-state index contributed by atoms with van der Waals surface area (Å²) < 4.78 is 16.7. The van der Waals surface area contributed by atoms with Crippen LogP contribution in [0.5, 0.6) is 11.5 Å². The smallest absolute Gasteiger partial charge is 0.344 e. The summed E-state index contributed by atoms with van der Waals surface area (Å²) in [6, 6.07) is 25.2. The van der Waals surface area contributed by atoms with Crippen LogP contribution in [0.25, 0.3) is 0 Å². The standard InChI is InChI=1S/C27H28N2O4/c1-31-22-14-13-21-23(25(22)32-2)27(30)33-26(21)29-17-15-28(16-18-29)24(19-9-5-3-6-10-19)20-11-7-4-8-12-20/h3-14,24,26H,15-18H2,1-2H3. The number of hydrogen-bond donors (Lipinski definition) is 0. The van der Waals surface area contributed by atoms with E-state index in [0.717, 1.165) is 31.7 Å². The fraction of sp³-hybridized carbons (Fsp3) is 0.296. The van der Waals surface area contributed by atoms with Gasteiger partial charge >= 0.3 is 5.97 Å². The minimum absolute atomic E-state index is 0.192. The molecule has 1 atom stereocenters. The molecule has 1 fully saturated rings. The maximum absolute atomic E-state index is 12.7. The molecule has 5 rings (SSSR count). The Morgan fingerprint density at radius 2 is 1.42 bits per heavy atom. The molecule has 0 aromatic heterocycles. The third-order valence-corrected chi connectivity index (χ3v) is 6.54. The summed E-state index contributed by atoms with van der Waals surface area (Å²) in [4.78, 5) is 17.5. The molecule has 2 heterocycles.